The Morgan fingerprint density at radius 3 is 3.19 bits per heavy atom. The van der Waals surface area contributed by atoms with Crippen LogP contribution in [0.4, 0.5) is 0 Å². The van der Waals surface area contributed by atoms with Crippen LogP contribution in [0.3, 0.4) is 0 Å². The van der Waals surface area contributed by atoms with Gasteiger partial charge < -0.3 is 10.6 Å². The van der Waals surface area contributed by atoms with Gasteiger partial charge in [0.1, 0.15) is 0 Å². The first-order valence-corrected chi connectivity index (χ1v) is 5.71. The van der Waals surface area contributed by atoms with Crippen molar-refractivity contribution in [3.63, 3.8) is 0 Å². The minimum Gasteiger partial charge on any atom is -0.348 e. The number of amides is 1. The number of aromatic nitrogens is 1. The first-order chi connectivity index (χ1) is 7.77. The molecule has 1 saturated heterocycles. The van der Waals surface area contributed by atoms with E-state index >= 15 is 0 Å². The number of hydrogen-bond acceptors (Lipinski definition) is 3. The average molecular weight is 219 g/mol. The van der Waals surface area contributed by atoms with Crippen LogP contribution in [0.2, 0.25) is 0 Å². The van der Waals surface area contributed by atoms with Crippen LogP contribution in [0.25, 0.3) is 0 Å². The molecule has 2 heterocycles. The van der Waals surface area contributed by atoms with Gasteiger partial charge in [-0.05, 0) is 37.9 Å². The predicted molar refractivity (Wildman–Crippen MR) is 61.8 cm³/mol. The first-order valence-electron chi connectivity index (χ1n) is 5.71. The maximum absolute atomic E-state index is 11.8. The van der Waals surface area contributed by atoms with E-state index in [0.717, 1.165) is 24.9 Å². The van der Waals surface area contributed by atoms with E-state index < -0.39 is 0 Å². The van der Waals surface area contributed by atoms with Gasteiger partial charge in [-0.2, -0.15) is 0 Å². The quantitative estimate of drug-likeness (QED) is 0.797. The van der Waals surface area contributed by atoms with Gasteiger partial charge in [0.05, 0.1) is 12.1 Å². The topological polar surface area (TPSA) is 54.0 Å². The molecule has 0 bridgehead atoms. The Labute approximate surface area is 95.5 Å². The first kappa shape index (κ1) is 11.1. The van der Waals surface area contributed by atoms with E-state index in [1.165, 1.54) is 0 Å². The summed E-state index contributed by atoms with van der Waals surface area (Å²) in [5.74, 6) is 0.0915. The maximum atomic E-state index is 11.8. The molecule has 1 aromatic rings. The van der Waals surface area contributed by atoms with Crippen LogP contribution in [0.1, 0.15) is 31.4 Å². The van der Waals surface area contributed by atoms with Crippen molar-refractivity contribution < 1.29 is 4.79 Å². The molecular weight excluding hydrogens is 202 g/mol. The summed E-state index contributed by atoms with van der Waals surface area (Å²) in [5, 5.41) is 6.18. The number of nitrogens with zero attached hydrogens (tertiary/aromatic N) is 1. The highest BCUT2D eigenvalue weighted by molar-refractivity contribution is 5.82. The minimum absolute atomic E-state index is 0.0147. The van der Waals surface area contributed by atoms with Gasteiger partial charge in [0.2, 0.25) is 5.91 Å². The molecule has 0 spiro atoms. The van der Waals surface area contributed by atoms with Crippen LogP contribution in [0.5, 0.6) is 0 Å². The summed E-state index contributed by atoms with van der Waals surface area (Å²) in [6.45, 7) is 2.92. The van der Waals surface area contributed by atoms with Gasteiger partial charge in [-0.25, -0.2) is 0 Å². The van der Waals surface area contributed by atoms with Gasteiger partial charge in [0.25, 0.3) is 0 Å². The molecule has 0 saturated carbocycles. The van der Waals surface area contributed by atoms with Crippen molar-refractivity contribution in [3.8, 4) is 0 Å². The molecule has 0 aromatic carbocycles. The van der Waals surface area contributed by atoms with Crippen molar-refractivity contribution in [2.45, 2.75) is 31.8 Å². The molecule has 2 rings (SSSR count). The van der Waals surface area contributed by atoms with E-state index in [2.05, 4.69) is 15.6 Å². The Morgan fingerprint density at radius 1 is 1.69 bits per heavy atom. The smallest absolute Gasteiger partial charge is 0.237 e. The fraction of sp³-hybridized carbons (Fsp3) is 0.500. The van der Waals surface area contributed by atoms with Crippen LogP contribution < -0.4 is 10.6 Å². The van der Waals surface area contributed by atoms with Gasteiger partial charge >= 0.3 is 0 Å². The minimum atomic E-state index is -0.0147. The molecule has 4 nitrogen and oxygen atoms in total. The SMILES string of the molecule is C[C@H](NC(=O)[C@@H]1CCCN1)c1cccnc1. The molecule has 4 heteroatoms. The lowest BCUT2D eigenvalue weighted by atomic mass is 10.1. The lowest BCUT2D eigenvalue weighted by molar-refractivity contribution is -0.123. The van der Waals surface area contributed by atoms with Crippen molar-refractivity contribution in [1.82, 2.24) is 15.6 Å². The largest absolute Gasteiger partial charge is 0.348 e. The zero-order chi connectivity index (χ0) is 11.4. The molecule has 0 unspecified atom stereocenters. The van der Waals surface area contributed by atoms with Crippen LogP contribution in [-0.4, -0.2) is 23.5 Å². The Hall–Kier alpha value is -1.42. The summed E-state index contributed by atoms with van der Waals surface area (Å²) in [5.41, 5.74) is 1.04. The lowest BCUT2D eigenvalue weighted by Crippen LogP contribution is -2.41. The molecular formula is C12H17N3O. The zero-order valence-corrected chi connectivity index (χ0v) is 9.44. The van der Waals surface area contributed by atoms with Crippen LogP contribution in [-0.2, 0) is 4.79 Å². The molecule has 1 aliphatic rings. The Balaban J connectivity index is 1.92. The molecule has 86 valence electrons. The molecule has 2 N–H and O–H groups in total. The van der Waals surface area contributed by atoms with Crippen LogP contribution >= 0.6 is 0 Å². The molecule has 1 amide bonds. The lowest BCUT2D eigenvalue weighted by Gasteiger charge is -2.17. The number of carbonyl (C=O) groups excluding carboxylic acids is 1. The molecule has 2 atom stereocenters. The summed E-state index contributed by atoms with van der Waals surface area (Å²) >= 11 is 0. The summed E-state index contributed by atoms with van der Waals surface area (Å²) in [7, 11) is 0. The molecule has 0 aliphatic carbocycles. The Kier molecular flexibility index (Phi) is 3.51. The Bertz CT molecular complexity index is 347. The fourth-order valence-electron chi connectivity index (χ4n) is 1.94. The molecule has 1 fully saturated rings. The number of nitrogens with one attached hydrogen (secondary N) is 2. The summed E-state index contributed by atoms with van der Waals surface area (Å²) < 4.78 is 0. The zero-order valence-electron chi connectivity index (χ0n) is 9.44. The number of rotatable bonds is 3. The van der Waals surface area contributed by atoms with E-state index in [0.29, 0.717) is 0 Å². The van der Waals surface area contributed by atoms with Gasteiger partial charge in [0, 0.05) is 12.4 Å². The fourth-order valence-corrected chi connectivity index (χ4v) is 1.94. The van der Waals surface area contributed by atoms with Crippen molar-refractivity contribution in [3.05, 3.63) is 30.1 Å². The van der Waals surface area contributed by atoms with Gasteiger partial charge in [-0.15, -0.1) is 0 Å². The van der Waals surface area contributed by atoms with E-state index in [9.17, 15) is 4.79 Å². The van der Waals surface area contributed by atoms with Crippen LogP contribution in [0.15, 0.2) is 24.5 Å². The molecule has 1 aromatic heterocycles. The van der Waals surface area contributed by atoms with Crippen LogP contribution in [0, 0.1) is 0 Å². The summed E-state index contributed by atoms with van der Waals surface area (Å²) in [6.07, 6.45) is 5.54. The summed E-state index contributed by atoms with van der Waals surface area (Å²) in [6, 6.07) is 3.86. The predicted octanol–water partition coefficient (Wildman–Crippen LogP) is 1.01. The second-order valence-electron chi connectivity index (χ2n) is 4.17. The highest BCUT2D eigenvalue weighted by Gasteiger charge is 2.23. The second kappa shape index (κ2) is 5.07. The van der Waals surface area contributed by atoms with Crippen molar-refractivity contribution in [1.29, 1.82) is 0 Å². The third-order valence-electron chi connectivity index (χ3n) is 2.92. The summed E-state index contributed by atoms with van der Waals surface area (Å²) in [4.78, 5) is 15.9. The number of hydrogen-bond donors (Lipinski definition) is 2. The number of carbonyl (C=O) groups is 1. The maximum Gasteiger partial charge on any atom is 0.237 e. The highest BCUT2D eigenvalue weighted by Crippen LogP contribution is 2.12. The van der Waals surface area contributed by atoms with E-state index in [4.69, 9.17) is 0 Å². The van der Waals surface area contributed by atoms with E-state index in [1.54, 1.807) is 12.4 Å². The number of pyridine rings is 1. The molecule has 16 heavy (non-hydrogen) atoms. The van der Waals surface area contributed by atoms with Crippen molar-refractivity contribution >= 4 is 5.91 Å². The molecule has 1 aliphatic heterocycles. The standard InChI is InChI=1S/C12H17N3O/c1-9(10-4-2-6-13-8-10)15-12(16)11-5-3-7-14-11/h2,4,6,8-9,11,14H,3,5,7H2,1H3,(H,15,16)/t9-,11-/m0/s1. The monoisotopic (exact) mass is 219 g/mol. The van der Waals surface area contributed by atoms with Gasteiger partial charge in [-0.1, -0.05) is 6.07 Å². The van der Waals surface area contributed by atoms with Gasteiger partial charge in [0.15, 0.2) is 0 Å². The normalized spacial score (nSPS) is 21.7. The third-order valence-corrected chi connectivity index (χ3v) is 2.92. The van der Waals surface area contributed by atoms with Gasteiger partial charge in [-0.3, -0.25) is 9.78 Å². The van der Waals surface area contributed by atoms with E-state index in [-0.39, 0.29) is 18.0 Å². The van der Waals surface area contributed by atoms with Crippen molar-refractivity contribution in [2.75, 3.05) is 6.54 Å². The molecule has 0 radical (unpaired) electrons. The highest BCUT2D eigenvalue weighted by atomic mass is 16.2. The van der Waals surface area contributed by atoms with E-state index in [1.807, 2.05) is 19.1 Å². The van der Waals surface area contributed by atoms with Crippen molar-refractivity contribution in [2.24, 2.45) is 0 Å². The Morgan fingerprint density at radius 2 is 2.56 bits per heavy atom. The third kappa shape index (κ3) is 2.58. The second-order valence-corrected chi connectivity index (χ2v) is 4.17. The average Bonchev–Trinajstić information content (AvgIpc) is 2.83.